The number of aryl methyl sites for hydroxylation is 1. The fraction of sp³-hybridized carbons (Fsp3) is 0.786. The second-order valence-corrected chi connectivity index (χ2v) is 7.04. The number of nitrogen functional groups attached to an aromatic ring is 1. The summed E-state index contributed by atoms with van der Waals surface area (Å²) >= 11 is 2.05. The van der Waals surface area contributed by atoms with Crippen LogP contribution in [0.15, 0.2) is 0 Å². The van der Waals surface area contributed by atoms with Crippen molar-refractivity contribution in [3.63, 3.8) is 0 Å². The maximum absolute atomic E-state index is 6.15. The van der Waals surface area contributed by atoms with Crippen LogP contribution in [0.2, 0.25) is 0 Å². The summed E-state index contributed by atoms with van der Waals surface area (Å²) < 4.78 is 8.30. The minimum absolute atomic E-state index is 0.106. The highest BCUT2D eigenvalue weighted by Gasteiger charge is 2.40. The molecular formula is C14H23N3OS. The largest absolute Gasteiger partial charge is 0.396 e. The van der Waals surface area contributed by atoms with Crippen LogP contribution in [0, 0.1) is 13.8 Å². The van der Waals surface area contributed by atoms with Crippen molar-refractivity contribution in [3.8, 4) is 0 Å². The number of nitrogens with zero attached hydrogens (tertiary/aromatic N) is 2. The number of anilines is 1. The van der Waals surface area contributed by atoms with Crippen LogP contribution in [0.5, 0.6) is 0 Å². The molecule has 1 aromatic heterocycles. The average molecular weight is 281 g/mol. The van der Waals surface area contributed by atoms with Gasteiger partial charge in [-0.15, -0.1) is 0 Å². The molecule has 4 nitrogen and oxygen atoms in total. The molecule has 2 aliphatic rings. The fourth-order valence-corrected chi connectivity index (χ4v) is 4.57. The Balaban J connectivity index is 1.83. The summed E-state index contributed by atoms with van der Waals surface area (Å²) in [6.07, 6.45) is 4.51. The van der Waals surface area contributed by atoms with Crippen LogP contribution in [0.25, 0.3) is 0 Å². The first-order valence-electron chi connectivity index (χ1n) is 7.14. The quantitative estimate of drug-likeness (QED) is 0.860. The molecule has 19 heavy (non-hydrogen) atoms. The number of hydrogen-bond acceptors (Lipinski definition) is 4. The van der Waals surface area contributed by atoms with Crippen molar-refractivity contribution in [2.75, 3.05) is 23.8 Å². The second-order valence-electron chi connectivity index (χ2n) is 5.82. The van der Waals surface area contributed by atoms with Gasteiger partial charge < -0.3 is 10.5 Å². The van der Waals surface area contributed by atoms with E-state index in [2.05, 4.69) is 16.7 Å². The summed E-state index contributed by atoms with van der Waals surface area (Å²) in [5.74, 6) is 2.46. The van der Waals surface area contributed by atoms with Crippen LogP contribution in [-0.4, -0.2) is 33.5 Å². The van der Waals surface area contributed by atoms with E-state index in [4.69, 9.17) is 10.5 Å². The van der Waals surface area contributed by atoms with Crippen LogP contribution in [-0.2, 0) is 4.74 Å². The standard InChI is InChI=1S/C14H23N3OS/c1-10-13(15)11(2)17(16-10)12-3-6-18-14(9-12)4-7-19-8-5-14/h12H,3-9,15H2,1-2H3. The van der Waals surface area contributed by atoms with Crippen molar-refractivity contribution >= 4 is 17.4 Å². The predicted molar refractivity (Wildman–Crippen MR) is 79.6 cm³/mol. The third kappa shape index (κ3) is 2.38. The molecule has 3 heterocycles. The number of hydrogen-bond donors (Lipinski definition) is 1. The van der Waals surface area contributed by atoms with Gasteiger partial charge >= 0.3 is 0 Å². The molecule has 0 aliphatic carbocycles. The van der Waals surface area contributed by atoms with Crippen molar-refractivity contribution in [2.24, 2.45) is 0 Å². The summed E-state index contributed by atoms with van der Waals surface area (Å²) in [5, 5.41) is 4.64. The van der Waals surface area contributed by atoms with Gasteiger partial charge in [-0.1, -0.05) is 0 Å². The molecule has 1 spiro atoms. The summed E-state index contributed by atoms with van der Waals surface area (Å²) in [6.45, 7) is 4.92. The Kier molecular flexibility index (Phi) is 3.52. The van der Waals surface area contributed by atoms with Crippen LogP contribution >= 0.6 is 11.8 Å². The van der Waals surface area contributed by atoms with E-state index in [1.807, 2.05) is 18.7 Å². The van der Waals surface area contributed by atoms with Gasteiger partial charge in [0.05, 0.1) is 28.7 Å². The molecule has 0 aromatic carbocycles. The number of nitrogens with two attached hydrogens (primary N) is 1. The summed E-state index contributed by atoms with van der Waals surface area (Å²) in [4.78, 5) is 0. The molecule has 1 unspecified atom stereocenters. The Labute approximate surface area is 119 Å². The highest BCUT2D eigenvalue weighted by atomic mass is 32.2. The van der Waals surface area contributed by atoms with Gasteiger partial charge in [-0.2, -0.15) is 16.9 Å². The average Bonchev–Trinajstić information content (AvgIpc) is 2.68. The van der Waals surface area contributed by atoms with Gasteiger partial charge in [-0.05, 0) is 51.0 Å². The third-order valence-electron chi connectivity index (χ3n) is 4.60. The lowest BCUT2D eigenvalue weighted by atomic mass is 9.85. The molecule has 2 N–H and O–H groups in total. The SMILES string of the molecule is Cc1nn(C2CCOC3(CCSCC3)C2)c(C)c1N. The van der Waals surface area contributed by atoms with Crippen LogP contribution in [0.4, 0.5) is 5.69 Å². The molecule has 2 aliphatic heterocycles. The topological polar surface area (TPSA) is 53.1 Å². The zero-order valence-electron chi connectivity index (χ0n) is 11.8. The zero-order chi connectivity index (χ0) is 13.5. The van der Waals surface area contributed by atoms with Gasteiger partial charge in [0, 0.05) is 6.61 Å². The van der Waals surface area contributed by atoms with Crippen molar-refractivity contribution in [3.05, 3.63) is 11.4 Å². The Morgan fingerprint density at radius 2 is 2.11 bits per heavy atom. The van der Waals surface area contributed by atoms with Crippen molar-refractivity contribution in [1.82, 2.24) is 9.78 Å². The normalized spacial score (nSPS) is 26.7. The lowest BCUT2D eigenvalue weighted by molar-refractivity contribution is -0.100. The Bertz CT molecular complexity index is 460. The van der Waals surface area contributed by atoms with Gasteiger partial charge in [-0.25, -0.2) is 0 Å². The van der Waals surface area contributed by atoms with E-state index in [1.54, 1.807) is 0 Å². The molecule has 2 fully saturated rings. The number of rotatable bonds is 1. The molecule has 1 atom stereocenters. The van der Waals surface area contributed by atoms with Crippen molar-refractivity contribution in [2.45, 2.75) is 51.2 Å². The molecule has 0 bridgehead atoms. The second kappa shape index (κ2) is 5.02. The molecule has 2 saturated heterocycles. The maximum atomic E-state index is 6.15. The lowest BCUT2D eigenvalue weighted by Gasteiger charge is -2.43. The first-order chi connectivity index (χ1) is 9.11. The minimum Gasteiger partial charge on any atom is -0.396 e. The molecule has 0 saturated carbocycles. The van der Waals surface area contributed by atoms with Crippen LogP contribution in [0.3, 0.4) is 0 Å². The van der Waals surface area contributed by atoms with E-state index >= 15 is 0 Å². The first-order valence-corrected chi connectivity index (χ1v) is 8.30. The van der Waals surface area contributed by atoms with Crippen LogP contribution < -0.4 is 5.73 Å². The molecule has 0 radical (unpaired) electrons. The van der Waals surface area contributed by atoms with Gasteiger partial charge in [-0.3, -0.25) is 4.68 Å². The summed E-state index contributed by atoms with van der Waals surface area (Å²) in [6, 6.07) is 0.452. The Morgan fingerprint density at radius 1 is 1.37 bits per heavy atom. The maximum Gasteiger partial charge on any atom is 0.0826 e. The third-order valence-corrected chi connectivity index (χ3v) is 5.58. The monoisotopic (exact) mass is 281 g/mol. The predicted octanol–water partition coefficient (Wildman–Crippen LogP) is 2.70. The van der Waals surface area contributed by atoms with E-state index in [0.717, 1.165) is 36.5 Å². The van der Waals surface area contributed by atoms with E-state index < -0.39 is 0 Å². The molecule has 1 aromatic rings. The fourth-order valence-electron chi connectivity index (χ4n) is 3.33. The Morgan fingerprint density at radius 3 is 2.74 bits per heavy atom. The van der Waals surface area contributed by atoms with Gasteiger partial charge in [0.1, 0.15) is 0 Å². The van der Waals surface area contributed by atoms with E-state index in [9.17, 15) is 0 Å². The smallest absolute Gasteiger partial charge is 0.0826 e. The van der Waals surface area contributed by atoms with Gasteiger partial charge in [0.15, 0.2) is 0 Å². The molecule has 3 rings (SSSR count). The summed E-state index contributed by atoms with van der Waals surface area (Å²) in [5.41, 5.74) is 9.09. The number of ether oxygens (including phenoxy) is 1. The zero-order valence-corrected chi connectivity index (χ0v) is 12.6. The highest BCUT2D eigenvalue weighted by molar-refractivity contribution is 7.99. The van der Waals surface area contributed by atoms with E-state index in [1.165, 1.54) is 24.3 Å². The molecule has 5 heteroatoms. The lowest BCUT2D eigenvalue weighted by Crippen LogP contribution is -2.43. The van der Waals surface area contributed by atoms with Gasteiger partial charge in [0.25, 0.3) is 0 Å². The molecular weight excluding hydrogens is 258 g/mol. The van der Waals surface area contributed by atoms with Gasteiger partial charge in [0.2, 0.25) is 0 Å². The minimum atomic E-state index is 0.106. The molecule has 106 valence electrons. The summed E-state index contributed by atoms with van der Waals surface area (Å²) in [7, 11) is 0. The molecule has 0 amide bonds. The van der Waals surface area contributed by atoms with Crippen molar-refractivity contribution in [1.29, 1.82) is 0 Å². The van der Waals surface area contributed by atoms with E-state index in [-0.39, 0.29) is 5.60 Å². The van der Waals surface area contributed by atoms with E-state index in [0.29, 0.717) is 6.04 Å². The number of thioether (sulfide) groups is 1. The highest BCUT2D eigenvalue weighted by Crippen LogP contribution is 2.41. The first kappa shape index (κ1) is 13.3. The number of aromatic nitrogens is 2. The van der Waals surface area contributed by atoms with Crippen LogP contribution in [0.1, 0.15) is 43.1 Å². The Hall–Kier alpha value is -0.680. The van der Waals surface area contributed by atoms with Crippen molar-refractivity contribution < 1.29 is 4.74 Å².